The number of piperidine rings is 1. The zero-order chi connectivity index (χ0) is 24.7. The number of likely N-dealkylation sites (tertiary alicyclic amines) is 1. The number of halogens is 3. The molecule has 1 amide bonds. The smallest absolute Gasteiger partial charge is 0.342 e. The molecule has 2 aliphatic rings. The molecule has 1 aromatic carbocycles. The molecular formula is C25H35F3N4O2+2. The summed E-state index contributed by atoms with van der Waals surface area (Å²) in [6, 6.07) is 4.76. The van der Waals surface area contributed by atoms with Crippen LogP contribution >= 0.6 is 0 Å². The van der Waals surface area contributed by atoms with Crippen molar-refractivity contribution >= 4 is 23.2 Å². The van der Waals surface area contributed by atoms with Gasteiger partial charge < -0.3 is 15.0 Å². The lowest BCUT2D eigenvalue weighted by Crippen LogP contribution is -3.10. The number of ketones is 1. The van der Waals surface area contributed by atoms with Gasteiger partial charge in [-0.05, 0) is 44.0 Å². The Hall–Kier alpha value is -2.52. The third kappa shape index (κ3) is 7.50. The van der Waals surface area contributed by atoms with Crippen molar-refractivity contribution in [2.75, 3.05) is 20.1 Å². The average Bonchev–Trinajstić information content (AvgIpc) is 3.28. The molecule has 0 aliphatic carbocycles. The fourth-order valence-corrected chi connectivity index (χ4v) is 4.43. The van der Waals surface area contributed by atoms with Crippen molar-refractivity contribution in [3.8, 4) is 0 Å². The number of nitrogens with one attached hydrogen (secondary N) is 2. The van der Waals surface area contributed by atoms with Crippen molar-refractivity contribution in [2.45, 2.75) is 64.1 Å². The van der Waals surface area contributed by atoms with Crippen molar-refractivity contribution in [3.05, 3.63) is 41.6 Å². The Bertz CT molecular complexity index is 917. The quantitative estimate of drug-likeness (QED) is 0.448. The van der Waals surface area contributed by atoms with E-state index in [1.807, 2.05) is 5.32 Å². The molecule has 0 bridgehead atoms. The Morgan fingerprint density at radius 2 is 1.82 bits per heavy atom. The third-order valence-electron chi connectivity index (χ3n) is 6.61. The first-order valence-electron chi connectivity index (χ1n) is 12.0. The van der Waals surface area contributed by atoms with Gasteiger partial charge in [0.2, 0.25) is 11.7 Å². The Kier molecular flexibility index (Phi) is 9.02. The molecule has 0 spiro atoms. The second-order valence-electron chi connectivity index (χ2n) is 9.45. The lowest BCUT2D eigenvalue weighted by atomic mass is 9.95. The fraction of sp³-hybridized carbons (Fsp3) is 0.560. The van der Waals surface area contributed by atoms with E-state index >= 15 is 0 Å². The van der Waals surface area contributed by atoms with Crippen LogP contribution in [0.2, 0.25) is 0 Å². The minimum Gasteiger partial charge on any atom is -0.342 e. The number of benzene rings is 1. The molecule has 0 aromatic heterocycles. The molecule has 0 radical (unpaired) electrons. The van der Waals surface area contributed by atoms with Gasteiger partial charge in [0.05, 0.1) is 31.9 Å². The molecule has 1 saturated heterocycles. The molecule has 34 heavy (non-hydrogen) atoms. The van der Waals surface area contributed by atoms with Crippen LogP contribution in [-0.2, 0) is 15.8 Å². The summed E-state index contributed by atoms with van der Waals surface area (Å²) in [7, 11) is 2.13. The molecule has 6 nitrogen and oxygen atoms in total. The number of unbranched alkanes of at least 4 members (excludes halogenated alkanes) is 2. The van der Waals surface area contributed by atoms with Gasteiger partial charge in [-0.1, -0.05) is 12.8 Å². The number of amides is 1. The predicted molar refractivity (Wildman–Crippen MR) is 124 cm³/mol. The van der Waals surface area contributed by atoms with Gasteiger partial charge in [-0.3, -0.25) is 10.1 Å². The Balaban J connectivity index is 1.62. The summed E-state index contributed by atoms with van der Waals surface area (Å²) in [6.07, 6.45) is 2.79. The minimum absolute atomic E-state index is 0.00624. The van der Waals surface area contributed by atoms with Gasteiger partial charge in [-0.2, -0.15) is 13.2 Å². The summed E-state index contributed by atoms with van der Waals surface area (Å²) in [4.78, 5) is 30.1. The minimum atomic E-state index is -4.37. The first-order valence-corrected chi connectivity index (χ1v) is 12.0. The maximum atomic E-state index is 13.0. The fourth-order valence-electron chi connectivity index (χ4n) is 4.43. The Morgan fingerprint density at radius 3 is 2.44 bits per heavy atom. The lowest BCUT2D eigenvalue weighted by molar-refractivity contribution is -0.885. The highest BCUT2D eigenvalue weighted by Crippen LogP contribution is 2.29. The van der Waals surface area contributed by atoms with Crippen LogP contribution in [0.5, 0.6) is 0 Å². The molecule has 2 heterocycles. The molecule has 9 heteroatoms. The van der Waals surface area contributed by atoms with Crippen LogP contribution in [0.3, 0.4) is 0 Å². The maximum Gasteiger partial charge on any atom is 0.416 e. The van der Waals surface area contributed by atoms with Crippen molar-refractivity contribution in [1.29, 1.82) is 0 Å². The highest BCUT2D eigenvalue weighted by molar-refractivity contribution is 5.90. The highest BCUT2D eigenvalue weighted by Gasteiger charge is 2.33. The second kappa shape index (κ2) is 11.8. The second-order valence-corrected chi connectivity index (χ2v) is 9.45. The van der Waals surface area contributed by atoms with Crippen LogP contribution in [0.15, 0.2) is 35.5 Å². The summed E-state index contributed by atoms with van der Waals surface area (Å²) >= 11 is 0. The molecule has 1 atom stereocenters. The molecule has 3 rings (SSSR count). The number of Topliss-reactive ketones (excluding diaryl/α,β-unsaturated/α-hetero) is 1. The van der Waals surface area contributed by atoms with Crippen molar-refractivity contribution in [3.63, 3.8) is 0 Å². The zero-order valence-corrected chi connectivity index (χ0v) is 19.9. The van der Waals surface area contributed by atoms with Crippen LogP contribution < -0.4 is 15.5 Å². The van der Waals surface area contributed by atoms with E-state index in [4.69, 9.17) is 0 Å². The van der Waals surface area contributed by atoms with Gasteiger partial charge in [0.1, 0.15) is 11.8 Å². The van der Waals surface area contributed by atoms with Crippen molar-refractivity contribution < 1.29 is 33.0 Å². The number of carbonyl (C=O) groups is 2. The van der Waals surface area contributed by atoms with Gasteiger partial charge >= 0.3 is 6.18 Å². The highest BCUT2D eigenvalue weighted by atomic mass is 19.4. The zero-order valence-electron chi connectivity index (χ0n) is 19.9. The summed E-state index contributed by atoms with van der Waals surface area (Å²) in [5.74, 6) is 0.926. The number of rotatable bonds is 10. The summed E-state index contributed by atoms with van der Waals surface area (Å²) < 4.78 is 38.6. The number of hydrogen-bond donors (Lipinski definition) is 3. The van der Waals surface area contributed by atoms with Gasteiger partial charge in [-0.25, -0.2) is 4.99 Å². The SMILES string of the molecule is CC(=O)CCCCC[C@H](NC(=O)C1CC[NH+](C)CC1)C1=NC=C(c2ccc(C(F)(F)F)cc2)[NH2+]1. The molecule has 4 N–H and O–H groups in total. The number of aliphatic imine (C=N–C) groups is 1. The third-order valence-corrected chi connectivity index (χ3v) is 6.61. The van der Waals surface area contributed by atoms with Crippen LogP contribution in [-0.4, -0.2) is 43.7 Å². The molecular weight excluding hydrogens is 445 g/mol. The van der Waals surface area contributed by atoms with Crippen molar-refractivity contribution in [2.24, 2.45) is 10.9 Å². The first-order chi connectivity index (χ1) is 16.1. The Morgan fingerprint density at radius 1 is 1.15 bits per heavy atom. The predicted octanol–water partition coefficient (Wildman–Crippen LogP) is 1.93. The van der Waals surface area contributed by atoms with Crippen LogP contribution in [0, 0.1) is 5.92 Å². The van der Waals surface area contributed by atoms with Gasteiger partial charge in [0.15, 0.2) is 5.70 Å². The number of quaternary nitrogens is 2. The summed E-state index contributed by atoms with van der Waals surface area (Å²) in [5, 5.41) is 5.03. The average molecular weight is 481 g/mol. The molecule has 0 saturated carbocycles. The monoisotopic (exact) mass is 480 g/mol. The van der Waals surface area contributed by atoms with E-state index in [1.165, 1.54) is 17.0 Å². The number of nitrogens with zero attached hydrogens (tertiary/aromatic N) is 1. The van der Waals surface area contributed by atoms with E-state index in [9.17, 15) is 22.8 Å². The van der Waals surface area contributed by atoms with Crippen LogP contribution in [0.4, 0.5) is 13.2 Å². The molecule has 186 valence electrons. The van der Waals surface area contributed by atoms with E-state index in [0.29, 0.717) is 24.2 Å². The van der Waals surface area contributed by atoms with Crippen LogP contribution in [0.25, 0.3) is 5.70 Å². The Labute approximate surface area is 198 Å². The molecule has 1 aromatic rings. The normalized spacial score (nSPS) is 21.6. The molecule has 2 aliphatic heterocycles. The van der Waals surface area contributed by atoms with Gasteiger partial charge in [0.25, 0.3) is 0 Å². The lowest BCUT2D eigenvalue weighted by Gasteiger charge is -2.27. The van der Waals surface area contributed by atoms with E-state index in [2.05, 4.69) is 17.4 Å². The number of hydrogen-bond acceptors (Lipinski definition) is 3. The number of amidine groups is 1. The first kappa shape index (κ1) is 26.1. The topological polar surface area (TPSA) is 79.6 Å². The van der Waals surface area contributed by atoms with E-state index < -0.39 is 11.7 Å². The van der Waals surface area contributed by atoms with E-state index in [1.54, 1.807) is 13.1 Å². The number of alkyl halides is 3. The molecule has 0 unspecified atom stereocenters. The van der Waals surface area contributed by atoms with Gasteiger partial charge in [0, 0.05) is 30.7 Å². The largest absolute Gasteiger partial charge is 0.416 e. The summed E-state index contributed by atoms with van der Waals surface area (Å²) in [5.41, 5.74) is 0.686. The summed E-state index contributed by atoms with van der Waals surface area (Å²) in [6.45, 7) is 3.53. The number of nitrogens with two attached hydrogens (primary N) is 1. The maximum absolute atomic E-state index is 13.0. The van der Waals surface area contributed by atoms with Crippen molar-refractivity contribution in [1.82, 2.24) is 5.32 Å². The standard InChI is InChI=1S/C25H33F3N4O2/c1-17(33)6-4-3-5-7-21(31-24(34)19-12-14-32(2)15-13-19)23-29-16-22(30-23)18-8-10-20(11-9-18)25(26,27)28/h8-11,16,19,21H,3-7,12-15H2,1-2H3,(H,29,30)(H,31,34)/p+2/t21-/m0/s1. The van der Waals surface area contributed by atoms with E-state index in [-0.39, 0.29) is 23.7 Å². The number of carbonyl (C=O) groups excluding carboxylic acids is 2. The van der Waals surface area contributed by atoms with Gasteiger partial charge in [-0.15, -0.1) is 0 Å². The van der Waals surface area contributed by atoms with E-state index in [0.717, 1.165) is 63.0 Å². The molecule has 1 fully saturated rings. The van der Waals surface area contributed by atoms with Crippen LogP contribution in [0.1, 0.15) is 63.0 Å².